The van der Waals surface area contributed by atoms with Gasteiger partial charge in [0.25, 0.3) is 0 Å². The molecule has 5 heteroatoms. The van der Waals surface area contributed by atoms with E-state index in [2.05, 4.69) is 18.9 Å². The van der Waals surface area contributed by atoms with Crippen LogP contribution in [0.3, 0.4) is 0 Å². The lowest BCUT2D eigenvalue weighted by atomic mass is 9.56. The van der Waals surface area contributed by atoms with Crippen molar-refractivity contribution < 1.29 is 14.6 Å². The number of carbonyl (C=O) groups is 1. The number of rotatable bonds is 8. The van der Waals surface area contributed by atoms with Crippen molar-refractivity contribution in [3.8, 4) is 0 Å². The average Bonchev–Trinajstić information content (AvgIpc) is 3.35. The van der Waals surface area contributed by atoms with E-state index in [4.69, 9.17) is 4.74 Å². The number of Topliss-reactive ketones (excluding diaryl/α,β-unsaturated/α-hetero) is 1. The molecule has 0 amide bonds. The van der Waals surface area contributed by atoms with Gasteiger partial charge in [-0.15, -0.1) is 0 Å². The van der Waals surface area contributed by atoms with Crippen LogP contribution >= 0.6 is 0 Å². The Bertz CT molecular complexity index is 731. The molecule has 0 aliphatic heterocycles. The van der Waals surface area contributed by atoms with Crippen LogP contribution in [0.5, 0.6) is 0 Å². The number of nitrogens with zero attached hydrogens (tertiary/aromatic N) is 2. The molecule has 4 rings (SSSR count). The molecule has 1 aromatic rings. The summed E-state index contributed by atoms with van der Waals surface area (Å²) >= 11 is 0. The van der Waals surface area contributed by atoms with Crippen molar-refractivity contribution >= 4 is 5.78 Å². The molecule has 3 saturated carbocycles. The van der Waals surface area contributed by atoms with Crippen molar-refractivity contribution in [2.75, 3.05) is 13.7 Å². The molecule has 0 aromatic carbocycles. The SMILES string of the molecule is COCC1(O)CCCC(CCC2C(C)CCC3(C)C(C(=O)Cn4cccn4)CCC23)C1. The second-order valence-electron chi connectivity index (χ2n) is 11.3. The van der Waals surface area contributed by atoms with Gasteiger partial charge in [0.1, 0.15) is 0 Å². The zero-order valence-corrected chi connectivity index (χ0v) is 19.8. The molecule has 3 aliphatic carbocycles. The number of methoxy groups -OCH3 is 1. The quantitative estimate of drug-likeness (QED) is 0.638. The van der Waals surface area contributed by atoms with Crippen LogP contribution in [0.15, 0.2) is 18.5 Å². The van der Waals surface area contributed by atoms with E-state index in [1.807, 2.05) is 12.3 Å². The van der Waals surface area contributed by atoms with E-state index >= 15 is 0 Å². The first kappa shape index (κ1) is 23.0. The molecular formula is C26H42N2O3. The smallest absolute Gasteiger partial charge is 0.157 e. The number of ketones is 1. The standard InChI is InChI=1S/C26H42N2O3/c1-19-11-13-25(2)22(9-10-23(25)24(29)17-28-15-5-14-27-28)21(19)8-7-20-6-4-12-26(30,16-20)18-31-3/h5,14-15,19-23,30H,4,6-13,16-18H2,1-3H3. The molecule has 1 aromatic heterocycles. The second-order valence-corrected chi connectivity index (χ2v) is 11.3. The summed E-state index contributed by atoms with van der Waals surface area (Å²) in [5.74, 6) is 3.26. The molecule has 1 N–H and O–H groups in total. The molecule has 1 heterocycles. The molecule has 31 heavy (non-hydrogen) atoms. The Hall–Kier alpha value is -1.20. The van der Waals surface area contributed by atoms with E-state index in [0.29, 0.717) is 36.7 Å². The van der Waals surface area contributed by atoms with Crippen molar-refractivity contribution in [2.45, 2.75) is 90.2 Å². The van der Waals surface area contributed by atoms with Gasteiger partial charge in [0.2, 0.25) is 0 Å². The monoisotopic (exact) mass is 430 g/mol. The summed E-state index contributed by atoms with van der Waals surface area (Å²) in [6.45, 7) is 5.73. The van der Waals surface area contributed by atoms with E-state index in [9.17, 15) is 9.90 Å². The third-order valence-corrected chi connectivity index (χ3v) is 9.31. The summed E-state index contributed by atoms with van der Waals surface area (Å²) < 4.78 is 7.08. The fourth-order valence-electron chi connectivity index (χ4n) is 7.69. The summed E-state index contributed by atoms with van der Waals surface area (Å²) in [4.78, 5) is 13.2. The van der Waals surface area contributed by atoms with Crippen LogP contribution < -0.4 is 0 Å². The maximum absolute atomic E-state index is 13.2. The second kappa shape index (κ2) is 9.35. The van der Waals surface area contributed by atoms with Crippen LogP contribution in [0, 0.1) is 35.0 Å². The highest BCUT2D eigenvalue weighted by Gasteiger charge is 2.54. The van der Waals surface area contributed by atoms with Crippen LogP contribution in [-0.4, -0.2) is 40.0 Å². The average molecular weight is 431 g/mol. The largest absolute Gasteiger partial charge is 0.387 e. The molecule has 3 fully saturated rings. The van der Waals surface area contributed by atoms with E-state index < -0.39 is 5.60 Å². The van der Waals surface area contributed by atoms with E-state index in [1.54, 1.807) is 18.0 Å². The zero-order valence-electron chi connectivity index (χ0n) is 19.8. The van der Waals surface area contributed by atoms with Gasteiger partial charge in [-0.05, 0) is 80.1 Å². The molecule has 5 nitrogen and oxygen atoms in total. The topological polar surface area (TPSA) is 64.3 Å². The summed E-state index contributed by atoms with van der Waals surface area (Å²) in [5, 5.41) is 15.1. The number of aromatic nitrogens is 2. The highest BCUT2D eigenvalue weighted by Crippen LogP contribution is 2.60. The van der Waals surface area contributed by atoms with Crippen molar-refractivity contribution in [1.29, 1.82) is 0 Å². The fourth-order valence-corrected chi connectivity index (χ4v) is 7.69. The Morgan fingerprint density at radius 3 is 2.81 bits per heavy atom. The third kappa shape index (κ3) is 4.78. The Morgan fingerprint density at radius 1 is 1.23 bits per heavy atom. The van der Waals surface area contributed by atoms with Gasteiger partial charge in [-0.2, -0.15) is 5.10 Å². The number of hydrogen-bond acceptors (Lipinski definition) is 4. The number of fused-ring (bicyclic) bond motifs is 1. The van der Waals surface area contributed by atoms with Gasteiger partial charge in [-0.3, -0.25) is 9.48 Å². The Kier molecular flexibility index (Phi) is 6.93. The van der Waals surface area contributed by atoms with Gasteiger partial charge in [0.05, 0.1) is 18.8 Å². The third-order valence-electron chi connectivity index (χ3n) is 9.31. The normalized spacial score (nSPS) is 40.6. The van der Waals surface area contributed by atoms with Gasteiger partial charge in [0, 0.05) is 25.4 Å². The highest BCUT2D eigenvalue weighted by molar-refractivity contribution is 5.82. The summed E-state index contributed by atoms with van der Waals surface area (Å²) in [6.07, 6.45) is 14.9. The highest BCUT2D eigenvalue weighted by atomic mass is 16.5. The van der Waals surface area contributed by atoms with Crippen molar-refractivity contribution in [3.63, 3.8) is 0 Å². The fraction of sp³-hybridized carbons (Fsp3) is 0.846. The molecule has 3 aliphatic rings. The lowest BCUT2D eigenvalue weighted by Crippen LogP contribution is -2.44. The molecule has 7 unspecified atom stereocenters. The first-order chi connectivity index (χ1) is 14.8. The van der Waals surface area contributed by atoms with Crippen LogP contribution in [0.2, 0.25) is 0 Å². The Labute approximate surface area is 187 Å². The molecular weight excluding hydrogens is 388 g/mol. The van der Waals surface area contributed by atoms with Gasteiger partial charge < -0.3 is 9.84 Å². The lowest BCUT2D eigenvalue weighted by molar-refractivity contribution is -0.129. The summed E-state index contributed by atoms with van der Waals surface area (Å²) in [7, 11) is 1.69. The molecule has 0 radical (unpaired) electrons. The summed E-state index contributed by atoms with van der Waals surface area (Å²) in [6, 6.07) is 1.89. The van der Waals surface area contributed by atoms with Gasteiger partial charge in [0.15, 0.2) is 5.78 Å². The first-order valence-electron chi connectivity index (χ1n) is 12.6. The van der Waals surface area contributed by atoms with Crippen LogP contribution in [0.25, 0.3) is 0 Å². The van der Waals surface area contributed by atoms with Crippen LogP contribution in [-0.2, 0) is 16.1 Å². The Balaban J connectivity index is 1.39. The van der Waals surface area contributed by atoms with Gasteiger partial charge in [-0.25, -0.2) is 0 Å². The van der Waals surface area contributed by atoms with Crippen molar-refractivity contribution in [2.24, 2.45) is 35.0 Å². The van der Waals surface area contributed by atoms with Crippen LogP contribution in [0.1, 0.15) is 78.1 Å². The minimum absolute atomic E-state index is 0.144. The number of aliphatic hydroxyl groups is 1. The molecule has 0 saturated heterocycles. The predicted molar refractivity (Wildman–Crippen MR) is 121 cm³/mol. The van der Waals surface area contributed by atoms with Gasteiger partial charge >= 0.3 is 0 Å². The summed E-state index contributed by atoms with van der Waals surface area (Å²) in [5.41, 5.74) is -0.480. The van der Waals surface area contributed by atoms with Crippen molar-refractivity contribution in [3.05, 3.63) is 18.5 Å². The lowest BCUT2D eigenvalue weighted by Gasteiger charge is -2.48. The predicted octanol–water partition coefficient (Wildman–Crippen LogP) is 4.88. The van der Waals surface area contributed by atoms with E-state index in [1.165, 1.54) is 38.5 Å². The van der Waals surface area contributed by atoms with Crippen LogP contribution in [0.4, 0.5) is 0 Å². The number of carbonyl (C=O) groups excluding carboxylic acids is 1. The Morgan fingerprint density at radius 2 is 2.06 bits per heavy atom. The first-order valence-corrected chi connectivity index (χ1v) is 12.6. The molecule has 0 bridgehead atoms. The number of ether oxygens (including phenoxy) is 1. The molecule has 174 valence electrons. The van der Waals surface area contributed by atoms with Gasteiger partial charge in [-0.1, -0.05) is 33.1 Å². The van der Waals surface area contributed by atoms with E-state index in [-0.39, 0.29) is 11.3 Å². The van der Waals surface area contributed by atoms with Crippen molar-refractivity contribution in [1.82, 2.24) is 9.78 Å². The number of hydrogen-bond donors (Lipinski definition) is 1. The van der Waals surface area contributed by atoms with E-state index in [0.717, 1.165) is 31.6 Å². The maximum atomic E-state index is 13.2. The molecule has 7 atom stereocenters. The maximum Gasteiger partial charge on any atom is 0.157 e. The minimum Gasteiger partial charge on any atom is -0.387 e. The zero-order chi connectivity index (χ0) is 22.1. The molecule has 0 spiro atoms. The minimum atomic E-state index is -0.623.